The Balaban J connectivity index is 1.54. The highest BCUT2D eigenvalue weighted by atomic mass is 35.5. The van der Waals surface area contributed by atoms with Crippen LogP contribution in [0, 0.1) is 0 Å². The lowest BCUT2D eigenvalue weighted by molar-refractivity contribution is 0.0949. The summed E-state index contributed by atoms with van der Waals surface area (Å²) >= 11 is 5.90. The van der Waals surface area contributed by atoms with Crippen LogP contribution in [-0.4, -0.2) is 29.0 Å². The van der Waals surface area contributed by atoms with Gasteiger partial charge in [0.25, 0.3) is 11.8 Å². The van der Waals surface area contributed by atoms with Crippen LogP contribution in [0.15, 0.2) is 71.8 Å². The lowest BCUT2D eigenvalue weighted by Crippen LogP contribution is -2.36. The van der Waals surface area contributed by atoms with E-state index in [9.17, 15) is 14.4 Å². The summed E-state index contributed by atoms with van der Waals surface area (Å²) in [6.07, 6.45) is 5.46. The third-order valence-electron chi connectivity index (χ3n) is 5.30. The molecule has 164 valence electrons. The van der Waals surface area contributed by atoms with Crippen LogP contribution in [0.5, 0.6) is 0 Å². The number of amides is 2. The van der Waals surface area contributed by atoms with Gasteiger partial charge in [-0.05, 0) is 42.5 Å². The van der Waals surface area contributed by atoms with E-state index in [1.807, 2.05) is 42.5 Å². The van der Waals surface area contributed by atoms with Crippen molar-refractivity contribution in [2.24, 2.45) is 0 Å². The average molecular weight is 450 g/mol. The zero-order valence-corrected chi connectivity index (χ0v) is 18.3. The van der Waals surface area contributed by atoms with Gasteiger partial charge < -0.3 is 15.2 Å². The van der Waals surface area contributed by atoms with Crippen LogP contribution < -0.4 is 16.1 Å². The molecular weight excluding hydrogens is 426 g/mol. The van der Waals surface area contributed by atoms with Gasteiger partial charge in [-0.15, -0.1) is 0 Å². The Labute approximate surface area is 191 Å². The number of hydrogen-bond donors (Lipinski definition) is 2. The molecule has 1 heterocycles. The van der Waals surface area contributed by atoms with Crippen molar-refractivity contribution >= 4 is 23.4 Å². The minimum Gasteiger partial charge on any atom is -0.352 e. The van der Waals surface area contributed by atoms with Crippen molar-refractivity contribution in [3.05, 3.63) is 104 Å². The Hall–Kier alpha value is -3.38. The minimum atomic E-state index is -0.559. The SMILES string of the molecule is O=C(NCCc1ccc(Cl)cc1)c1cn(Cc2ccccc2)cc(C(=O)NC2CC2)c1=O. The molecule has 0 aliphatic heterocycles. The van der Waals surface area contributed by atoms with Gasteiger partial charge in [0, 0.05) is 36.5 Å². The van der Waals surface area contributed by atoms with E-state index in [1.54, 1.807) is 16.7 Å². The molecule has 0 spiro atoms. The molecule has 2 amide bonds. The monoisotopic (exact) mass is 449 g/mol. The predicted octanol–water partition coefficient (Wildman–Crippen LogP) is 3.41. The Morgan fingerprint density at radius 2 is 1.56 bits per heavy atom. The quantitative estimate of drug-likeness (QED) is 0.553. The third-order valence-corrected chi connectivity index (χ3v) is 5.55. The van der Waals surface area contributed by atoms with Gasteiger partial charge in [0.15, 0.2) is 0 Å². The van der Waals surface area contributed by atoms with E-state index >= 15 is 0 Å². The van der Waals surface area contributed by atoms with Gasteiger partial charge in [-0.25, -0.2) is 0 Å². The largest absolute Gasteiger partial charge is 0.352 e. The number of carbonyl (C=O) groups is 2. The lowest BCUT2D eigenvalue weighted by atomic mass is 10.1. The van der Waals surface area contributed by atoms with Gasteiger partial charge in [-0.3, -0.25) is 14.4 Å². The first-order valence-corrected chi connectivity index (χ1v) is 11.0. The van der Waals surface area contributed by atoms with Gasteiger partial charge in [0.1, 0.15) is 11.1 Å². The van der Waals surface area contributed by atoms with E-state index in [4.69, 9.17) is 11.6 Å². The van der Waals surface area contributed by atoms with Crippen molar-refractivity contribution in [3.8, 4) is 0 Å². The van der Waals surface area contributed by atoms with Crippen LogP contribution in [0.1, 0.15) is 44.7 Å². The molecule has 4 rings (SSSR count). The summed E-state index contributed by atoms with van der Waals surface area (Å²) in [7, 11) is 0. The van der Waals surface area contributed by atoms with E-state index in [-0.39, 0.29) is 17.2 Å². The molecule has 1 aliphatic rings. The molecule has 32 heavy (non-hydrogen) atoms. The van der Waals surface area contributed by atoms with Crippen molar-refractivity contribution in [1.29, 1.82) is 0 Å². The Morgan fingerprint density at radius 1 is 0.906 bits per heavy atom. The molecule has 1 saturated carbocycles. The molecule has 0 bridgehead atoms. The first kappa shape index (κ1) is 21.8. The second kappa shape index (κ2) is 9.83. The molecule has 0 radical (unpaired) electrons. The second-order valence-electron chi connectivity index (χ2n) is 7.95. The molecule has 1 fully saturated rings. The molecule has 2 N–H and O–H groups in total. The van der Waals surface area contributed by atoms with E-state index in [1.165, 1.54) is 12.4 Å². The first-order valence-electron chi connectivity index (χ1n) is 10.6. The van der Waals surface area contributed by atoms with Crippen LogP contribution >= 0.6 is 11.6 Å². The summed E-state index contributed by atoms with van der Waals surface area (Å²) in [6.45, 7) is 0.799. The van der Waals surface area contributed by atoms with E-state index in [0.717, 1.165) is 24.0 Å². The maximum absolute atomic E-state index is 13.0. The topological polar surface area (TPSA) is 80.2 Å². The van der Waals surface area contributed by atoms with Crippen molar-refractivity contribution in [3.63, 3.8) is 0 Å². The Bertz CT molecular complexity index is 1170. The average Bonchev–Trinajstić information content (AvgIpc) is 3.60. The molecule has 1 aliphatic carbocycles. The number of nitrogens with zero attached hydrogens (tertiary/aromatic N) is 1. The number of pyridine rings is 1. The van der Waals surface area contributed by atoms with Gasteiger partial charge in [-0.1, -0.05) is 54.1 Å². The fourth-order valence-corrected chi connectivity index (χ4v) is 3.52. The summed E-state index contributed by atoms with van der Waals surface area (Å²) < 4.78 is 1.71. The van der Waals surface area contributed by atoms with Crippen molar-refractivity contribution in [2.45, 2.75) is 31.8 Å². The summed E-state index contributed by atoms with van der Waals surface area (Å²) in [5, 5.41) is 6.29. The number of benzene rings is 2. The zero-order valence-electron chi connectivity index (χ0n) is 17.5. The van der Waals surface area contributed by atoms with Gasteiger partial charge in [-0.2, -0.15) is 0 Å². The van der Waals surface area contributed by atoms with E-state index < -0.39 is 17.2 Å². The van der Waals surface area contributed by atoms with Gasteiger partial charge in [0.05, 0.1) is 0 Å². The smallest absolute Gasteiger partial charge is 0.256 e. The van der Waals surface area contributed by atoms with E-state index in [0.29, 0.717) is 24.5 Å². The van der Waals surface area contributed by atoms with Crippen LogP contribution in [0.2, 0.25) is 5.02 Å². The maximum Gasteiger partial charge on any atom is 0.256 e. The fraction of sp³-hybridized carbons (Fsp3) is 0.240. The van der Waals surface area contributed by atoms with Gasteiger partial charge >= 0.3 is 0 Å². The molecule has 0 atom stereocenters. The number of rotatable bonds is 8. The van der Waals surface area contributed by atoms with E-state index in [2.05, 4.69) is 10.6 Å². The standard InChI is InChI=1S/C25H24ClN3O3/c26-19-8-6-17(7-9-19)12-13-27-24(31)21-15-29(14-18-4-2-1-3-5-18)16-22(23(21)30)25(32)28-20-10-11-20/h1-9,15-16,20H,10-14H2,(H,27,31)(H,28,32). The summed E-state index contributed by atoms with van der Waals surface area (Å²) in [6, 6.07) is 17.2. The number of aromatic nitrogens is 1. The van der Waals surface area contributed by atoms with Crippen molar-refractivity contribution < 1.29 is 9.59 Å². The highest BCUT2D eigenvalue weighted by molar-refractivity contribution is 6.30. The molecule has 7 heteroatoms. The predicted molar refractivity (Wildman–Crippen MR) is 124 cm³/mol. The highest BCUT2D eigenvalue weighted by Crippen LogP contribution is 2.19. The van der Waals surface area contributed by atoms with Crippen molar-refractivity contribution in [1.82, 2.24) is 15.2 Å². The molecule has 0 saturated heterocycles. The van der Waals surface area contributed by atoms with Crippen molar-refractivity contribution in [2.75, 3.05) is 6.54 Å². The number of nitrogens with one attached hydrogen (secondary N) is 2. The molecule has 3 aromatic rings. The van der Waals surface area contributed by atoms with Crippen LogP contribution in [0.4, 0.5) is 0 Å². The zero-order chi connectivity index (χ0) is 22.5. The minimum absolute atomic E-state index is 0.0156. The normalized spacial score (nSPS) is 12.9. The number of carbonyl (C=O) groups excluding carboxylic acids is 2. The van der Waals surface area contributed by atoms with Crippen LogP contribution in [0.3, 0.4) is 0 Å². The third kappa shape index (κ3) is 5.65. The molecule has 2 aromatic carbocycles. The fourth-order valence-electron chi connectivity index (χ4n) is 3.40. The number of hydrogen-bond acceptors (Lipinski definition) is 3. The maximum atomic E-state index is 13.0. The summed E-state index contributed by atoms with van der Waals surface area (Å²) in [5.41, 5.74) is 1.41. The molecule has 0 unspecified atom stereocenters. The molecule has 1 aromatic heterocycles. The second-order valence-corrected chi connectivity index (χ2v) is 8.39. The molecule has 6 nitrogen and oxygen atoms in total. The Morgan fingerprint density at radius 3 is 2.22 bits per heavy atom. The van der Waals surface area contributed by atoms with Gasteiger partial charge in [0.2, 0.25) is 5.43 Å². The number of halogens is 1. The highest BCUT2D eigenvalue weighted by Gasteiger charge is 2.26. The molecular formula is C25H24ClN3O3. The summed E-state index contributed by atoms with van der Waals surface area (Å²) in [5.74, 6) is -0.929. The van der Waals surface area contributed by atoms with Crippen LogP contribution in [0.25, 0.3) is 0 Å². The first-order chi connectivity index (χ1) is 15.5. The summed E-state index contributed by atoms with van der Waals surface area (Å²) in [4.78, 5) is 38.5. The van der Waals surface area contributed by atoms with Crippen LogP contribution in [-0.2, 0) is 13.0 Å². The lowest BCUT2D eigenvalue weighted by Gasteiger charge is -2.13. The Kier molecular flexibility index (Phi) is 6.71.